The van der Waals surface area contributed by atoms with E-state index < -0.39 is 11.8 Å². The lowest BCUT2D eigenvalue weighted by Gasteiger charge is -2.29. The molecule has 0 bridgehead atoms. The molecule has 0 radical (unpaired) electrons. The molecule has 1 heterocycles. The summed E-state index contributed by atoms with van der Waals surface area (Å²) in [5.41, 5.74) is 0.179. The smallest absolute Gasteiger partial charge is 0.351 e. The van der Waals surface area contributed by atoms with Crippen LogP contribution in [0, 0.1) is 0 Å². The van der Waals surface area contributed by atoms with Gasteiger partial charge in [-0.05, 0) is 18.6 Å². The summed E-state index contributed by atoms with van der Waals surface area (Å²) < 4.78 is 4.85. The van der Waals surface area contributed by atoms with Crippen LogP contribution in [-0.4, -0.2) is 21.3 Å². The average molecular weight is 322 g/mol. The highest BCUT2D eigenvalue weighted by Gasteiger charge is 2.39. The lowest BCUT2D eigenvalue weighted by atomic mass is 9.93. The number of hydrogen-bond acceptors (Lipinski definition) is 5. The fourth-order valence-corrected chi connectivity index (χ4v) is 2.93. The first-order valence-electron chi connectivity index (χ1n) is 8.50. The van der Waals surface area contributed by atoms with E-state index in [9.17, 15) is 20.1 Å². The van der Waals surface area contributed by atoms with Crippen molar-refractivity contribution in [3.63, 3.8) is 0 Å². The van der Waals surface area contributed by atoms with Gasteiger partial charge in [-0.15, -0.1) is 0 Å². The summed E-state index contributed by atoms with van der Waals surface area (Å²) in [5.74, 6) is -2.79. The second-order valence-electron chi connectivity index (χ2n) is 6.27. The maximum Gasteiger partial charge on any atom is 0.351 e. The van der Waals surface area contributed by atoms with Crippen LogP contribution in [0.3, 0.4) is 0 Å². The number of fused-ring (bicyclic) bond motifs is 1. The third-order valence-electron chi connectivity index (χ3n) is 4.34. The van der Waals surface area contributed by atoms with Crippen molar-refractivity contribution < 1.29 is 24.9 Å². The van der Waals surface area contributed by atoms with Gasteiger partial charge < -0.3 is 20.1 Å². The number of hydrogen-bond donors (Lipinski definition) is 3. The largest absolute Gasteiger partial charge is 0.507 e. The SMILES string of the molecule is CCCCCCCCCCC(O)(O)c1ccc(O)c2c1OC2=O. The minimum Gasteiger partial charge on any atom is -0.507 e. The third kappa shape index (κ3) is 4.24. The van der Waals surface area contributed by atoms with Crippen LogP contribution >= 0.6 is 0 Å². The summed E-state index contributed by atoms with van der Waals surface area (Å²) in [7, 11) is 0. The molecule has 0 unspecified atom stereocenters. The van der Waals surface area contributed by atoms with Gasteiger partial charge in [0.15, 0.2) is 11.5 Å². The van der Waals surface area contributed by atoms with Crippen molar-refractivity contribution in [2.24, 2.45) is 0 Å². The first-order valence-corrected chi connectivity index (χ1v) is 8.50. The van der Waals surface area contributed by atoms with Gasteiger partial charge >= 0.3 is 5.97 Å². The van der Waals surface area contributed by atoms with Gasteiger partial charge in [0.25, 0.3) is 0 Å². The first kappa shape index (κ1) is 17.8. The van der Waals surface area contributed by atoms with E-state index in [0.29, 0.717) is 6.42 Å². The molecule has 0 atom stereocenters. The van der Waals surface area contributed by atoms with Gasteiger partial charge in [-0.2, -0.15) is 0 Å². The number of esters is 1. The van der Waals surface area contributed by atoms with Crippen LogP contribution in [0.25, 0.3) is 0 Å². The summed E-state index contributed by atoms with van der Waals surface area (Å²) in [6.07, 6.45) is 9.08. The van der Waals surface area contributed by atoms with Crippen molar-refractivity contribution in [1.29, 1.82) is 0 Å². The van der Waals surface area contributed by atoms with Crippen LogP contribution in [0.15, 0.2) is 12.1 Å². The number of ether oxygens (including phenoxy) is 1. The number of phenolic OH excluding ortho intramolecular Hbond substituents is 1. The van der Waals surface area contributed by atoms with E-state index in [1.807, 2.05) is 0 Å². The number of rotatable bonds is 10. The third-order valence-corrected chi connectivity index (χ3v) is 4.34. The van der Waals surface area contributed by atoms with E-state index >= 15 is 0 Å². The van der Waals surface area contributed by atoms with Crippen LogP contribution in [0.2, 0.25) is 0 Å². The molecule has 1 aromatic rings. The normalized spacial score (nSPS) is 13.4. The molecule has 0 spiro atoms. The van der Waals surface area contributed by atoms with Crippen LogP contribution in [0.4, 0.5) is 0 Å². The van der Waals surface area contributed by atoms with Gasteiger partial charge in [-0.3, -0.25) is 0 Å². The second-order valence-corrected chi connectivity index (χ2v) is 6.27. The maximum atomic E-state index is 11.3. The standard InChI is InChI=1S/C18H26O5/c1-2-3-4-5-6-7-8-9-12-18(21,22)13-10-11-14(19)15-16(13)23-17(15)20/h10-11,19,21-22H,2-9,12H2,1H3. The van der Waals surface area contributed by atoms with Crippen molar-refractivity contribution >= 4 is 5.97 Å². The highest BCUT2D eigenvalue weighted by molar-refractivity contribution is 6.04. The van der Waals surface area contributed by atoms with Crippen molar-refractivity contribution in [2.45, 2.75) is 70.5 Å². The van der Waals surface area contributed by atoms with Crippen LogP contribution in [-0.2, 0) is 5.79 Å². The highest BCUT2D eigenvalue weighted by atomic mass is 16.6. The summed E-state index contributed by atoms with van der Waals surface area (Å²) in [6, 6.07) is 2.69. The van der Waals surface area contributed by atoms with Crippen molar-refractivity contribution in [1.82, 2.24) is 0 Å². The fourth-order valence-electron chi connectivity index (χ4n) is 2.93. The lowest BCUT2D eigenvalue weighted by Crippen LogP contribution is -2.31. The van der Waals surface area contributed by atoms with Crippen molar-refractivity contribution in [2.75, 3.05) is 0 Å². The molecule has 2 rings (SSSR count). The van der Waals surface area contributed by atoms with Gasteiger partial charge in [0.1, 0.15) is 11.3 Å². The fraction of sp³-hybridized carbons (Fsp3) is 0.611. The van der Waals surface area contributed by atoms with Gasteiger partial charge in [-0.25, -0.2) is 4.79 Å². The lowest BCUT2D eigenvalue weighted by molar-refractivity contribution is -0.176. The Labute approximate surface area is 136 Å². The number of benzene rings is 1. The molecule has 0 saturated heterocycles. The summed E-state index contributed by atoms with van der Waals surface area (Å²) >= 11 is 0. The number of aromatic hydroxyl groups is 1. The van der Waals surface area contributed by atoms with E-state index in [2.05, 4.69) is 6.92 Å². The predicted molar refractivity (Wildman–Crippen MR) is 86.4 cm³/mol. The Morgan fingerprint density at radius 2 is 1.61 bits per heavy atom. The zero-order valence-corrected chi connectivity index (χ0v) is 13.7. The molecule has 0 aliphatic carbocycles. The zero-order valence-electron chi connectivity index (χ0n) is 13.7. The average Bonchev–Trinajstić information content (AvgIpc) is 2.48. The van der Waals surface area contributed by atoms with E-state index in [-0.39, 0.29) is 29.0 Å². The highest BCUT2D eigenvalue weighted by Crippen LogP contribution is 2.44. The molecule has 128 valence electrons. The van der Waals surface area contributed by atoms with Crippen LogP contribution in [0.5, 0.6) is 11.5 Å². The number of aliphatic hydroxyl groups is 2. The molecule has 1 aliphatic heterocycles. The topological polar surface area (TPSA) is 87.0 Å². The Balaban J connectivity index is 1.80. The number of carbonyl (C=O) groups is 1. The molecule has 23 heavy (non-hydrogen) atoms. The summed E-state index contributed by atoms with van der Waals surface area (Å²) in [5, 5.41) is 30.1. The van der Waals surface area contributed by atoms with Gasteiger partial charge in [0.2, 0.25) is 0 Å². The van der Waals surface area contributed by atoms with E-state index in [0.717, 1.165) is 12.8 Å². The first-order chi connectivity index (χ1) is 11.0. The molecular formula is C18H26O5. The van der Waals surface area contributed by atoms with Crippen LogP contribution < -0.4 is 4.74 Å². The molecule has 0 saturated carbocycles. The summed E-state index contributed by atoms with van der Waals surface area (Å²) in [6.45, 7) is 2.19. The molecule has 1 aliphatic rings. The Morgan fingerprint density at radius 3 is 2.22 bits per heavy atom. The van der Waals surface area contributed by atoms with E-state index in [1.165, 1.54) is 44.2 Å². The van der Waals surface area contributed by atoms with Crippen molar-refractivity contribution in [3.05, 3.63) is 23.3 Å². The number of carbonyl (C=O) groups excluding carboxylic acids is 1. The van der Waals surface area contributed by atoms with Gasteiger partial charge in [-0.1, -0.05) is 51.9 Å². The van der Waals surface area contributed by atoms with E-state index in [4.69, 9.17) is 4.74 Å². The number of phenols is 1. The molecule has 0 fully saturated rings. The zero-order chi connectivity index (χ0) is 16.9. The summed E-state index contributed by atoms with van der Waals surface area (Å²) in [4.78, 5) is 11.3. The van der Waals surface area contributed by atoms with Crippen molar-refractivity contribution in [3.8, 4) is 11.5 Å². The molecule has 0 aromatic heterocycles. The predicted octanol–water partition coefficient (Wildman–Crippen LogP) is 3.59. The molecular weight excluding hydrogens is 296 g/mol. The Hall–Kier alpha value is -1.59. The number of unbranched alkanes of at least 4 members (excludes halogenated alkanes) is 7. The second kappa shape index (κ2) is 7.79. The molecule has 3 N–H and O–H groups in total. The quantitative estimate of drug-likeness (QED) is 0.348. The molecule has 1 aromatic carbocycles. The minimum atomic E-state index is -2.04. The molecule has 5 heteroatoms. The van der Waals surface area contributed by atoms with E-state index in [1.54, 1.807) is 0 Å². The molecule has 0 amide bonds. The molecule has 5 nitrogen and oxygen atoms in total. The van der Waals surface area contributed by atoms with Gasteiger partial charge in [0, 0.05) is 6.42 Å². The maximum absolute atomic E-state index is 11.3. The Bertz CT molecular complexity index is 551. The minimum absolute atomic E-state index is 0.0332. The van der Waals surface area contributed by atoms with Crippen LogP contribution in [0.1, 0.15) is 80.6 Å². The Morgan fingerprint density at radius 1 is 1.00 bits per heavy atom. The monoisotopic (exact) mass is 322 g/mol. The van der Waals surface area contributed by atoms with Gasteiger partial charge in [0.05, 0.1) is 5.56 Å². The Kier molecular flexibility index (Phi) is 6.02.